The van der Waals surface area contributed by atoms with Gasteiger partial charge in [0.05, 0.1) is 5.60 Å². The smallest absolute Gasteiger partial charge is 0.322 e. The molecule has 25 heavy (non-hydrogen) atoms. The van der Waals surface area contributed by atoms with Gasteiger partial charge in [-0.25, -0.2) is 4.79 Å². The third-order valence-electron chi connectivity index (χ3n) is 4.93. The number of aliphatic hydroxyl groups is 1. The molecule has 7 nitrogen and oxygen atoms in total. The first kappa shape index (κ1) is 17.4. The molecule has 0 saturated carbocycles. The summed E-state index contributed by atoms with van der Waals surface area (Å²) < 4.78 is 0. The molecular weight excluding hydrogens is 322 g/mol. The van der Waals surface area contributed by atoms with Crippen molar-refractivity contribution in [1.82, 2.24) is 15.5 Å². The first-order valence-corrected chi connectivity index (χ1v) is 8.61. The predicted octanol–water partition coefficient (Wildman–Crippen LogP) is 0.571. The molecule has 2 aliphatic rings. The van der Waals surface area contributed by atoms with Crippen LogP contribution in [0.25, 0.3) is 0 Å². The first-order chi connectivity index (χ1) is 12.0. The Kier molecular flexibility index (Phi) is 5.03. The van der Waals surface area contributed by atoms with E-state index in [9.17, 15) is 19.5 Å². The van der Waals surface area contributed by atoms with Gasteiger partial charge in [-0.3, -0.25) is 14.9 Å². The van der Waals surface area contributed by atoms with Crippen LogP contribution >= 0.6 is 0 Å². The van der Waals surface area contributed by atoms with Crippen molar-refractivity contribution in [3.8, 4) is 0 Å². The number of nitrogens with one attached hydrogen (secondary N) is 2. The number of hydrogen-bond donors (Lipinski definition) is 3. The van der Waals surface area contributed by atoms with Crippen LogP contribution in [0.5, 0.6) is 0 Å². The van der Waals surface area contributed by atoms with E-state index in [-0.39, 0.29) is 18.2 Å². The number of carbonyl (C=O) groups excluding carboxylic acids is 3. The van der Waals surface area contributed by atoms with Crippen LogP contribution in [-0.4, -0.2) is 52.6 Å². The summed E-state index contributed by atoms with van der Waals surface area (Å²) in [4.78, 5) is 36.6. The highest BCUT2D eigenvalue weighted by molar-refractivity contribution is 6.04. The fourth-order valence-corrected chi connectivity index (χ4v) is 3.41. The highest BCUT2D eigenvalue weighted by atomic mass is 16.3. The molecule has 7 heteroatoms. The maximum absolute atomic E-state index is 12.3. The lowest BCUT2D eigenvalue weighted by molar-refractivity contribution is -0.135. The third kappa shape index (κ3) is 4.36. The lowest BCUT2D eigenvalue weighted by Gasteiger charge is -2.38. The fraction of sp³-hybridized carbons (Fsp3) is 0.500. The molecule has 2 saturated heterocycles. The Balaban J connectivity index is 1.46. The molecule has 2 fully saturated rings. The SMILES string of the molecule is O=C1NC(=O)[C@@H](CCC(=O)N2CCC(O)(Cc3ccccc3)CC2)N1. The summed E-state index contributed by atoms with van der Waals surface area (Å²) in [5, 5.41) is 15.4. The topological polar surface area (TPSA) is 98.7 Å². The quantitative estimate of drug-likeness (QED) is 0.680. The largest absolute Gasteiger partial charge is 0.389 e. The Bertz CT molecular complexity index is 654. The van der Waals surface area contributed by atoms with Gasteiger partial charge in [-0.1, -0.05) is 30.3 Å². The molecule has 1 aromatic carbocycles. The minimum Gasteiger partial charge on any atom is -0.389 e. The number of imide groups is 1. The summed E-state index contributed by atoms with van der Waals surface area (Å²) in [6.07, 6.45) is 2.16. The van der Waals surface area contributed by atoms with E-state index in [2.05, 4.69) is 10.6 Å². The van der Waals surface area contributed by atoms with Crippen LogP contribution in [0.1, 0.15) is 31.2 Å². The van der Waals surface area contributed by atoms with Crippen LogP contribution in [0.3, 0.4) is 0 Å². The lowest BCUT2D eigenvalue weighted by Crippen LogP contribution is -2.48. The van der Waals surface area contributed by atoms with E-state index in [0.717, 1.165) is 5.56 Å². The average Bonchev–Trinajstić information content (AvgIpc) is 2.91. The van der Waals surface area contributed by atoms with Gasteiger partial charge in [-0.15, -0.1) is 0 Å². The molecule has 0 bridgehead atoms. The molecule has 0 aromatic heterocycles. The number of nitrogens with zero attached hydrogens (tertiary/aromatic N) is 1. The monoisotopic (exact) mass is 345 g/mol. The highest BCUT2D eigenvalue weighted by Crippen LogP contribution is 2.27. The summed E-state index contributed by atoms with van der Waals surface area (Å²) in [6, 6.07) is 8.71. The Morgan fingerprint density at radius 1 is 1.20 bits per heavy atom. The number of hydrogen-bond acceptors (Lipinski definition) is 4. The van der Waals surface area contributed by atoms with Crippen molar-refractivity contribution in [3.63, 3.8) is 0 Å². The van der Waals surface area contributed by atoms with E-state index in [4.69, 9.17) is 0 Å². The summed E-state index contributed by atoms with van der Waals surface area (Å²) in [5.41, 5.74) is 0.310. The van der Waals surface area contributed by atoms with Crippen molar-refractivity contribution >= 4 is 17.8 Å². The number of carbonyl (C=O) groups is 3. The van der Waals surface area contributed by atoms with Gasteiger partial charge in [-0.2, -0.15) is 0 Å². The van der Waals surface area contributed by atoms with Crippen LogP contribution in [0.15, 0.2) is 30.3 Å². The normalized spacial score (nSPS) is 22.4. The number of amides is 4. The summed E-state index contributed by atoms with van der Waals surface area (Å²) in [7, 11) is 0. The molecule has 1 aromatic rings. The number of urea groups is 1. The second-order valence-corrected chi connectivity index (χ2v) is 6.82. The number of benzene rings is 1. The maximum atomic E-state index is 12.3. The number of rotatable bonds is 5. The van der Waals surface area contributed by atoms with Crippen molar-refractivity contribution in [2.24, 2.45) is 0 Å². The number of piperidine rings is 1. The molecule has 4 amide bonds. The minimum absolute atomic E-state index is 0.0456. The molecule has 2 heterocycles. The molecule has 134 valence electrons. The Labute approximate surface area is 146 Å². The zero-order chi connectivity index (χ0) is 17.9. The Hall–Kier alpha value is -2.41. The molecule has 3 rings (SSSR count). The Morgan fingerprint density at radius 3 is 2.48 bits per heavy atom. The predicted molar refractivity (Wildman–Crippen MR) is 90.6 cm³/mol. The molecular formula is C18H23N3O4. The van der Waals surface area contributed by atoms with Gasteiger partial charge in [0.2, 0.25) is 5.91 Å². The maximum Gasteiger partial charge on any atom is 0.322 e. The summed E-state index contributed by atoms with van der Waals surface area (Å²) >= 11 is 0. The van der Waals surface area contributed by atoms with Crippen molar-refractivity contribution in [2.75, 3.05) is 13.1 Å². The minimum atomic E-state index is -0.780. The van der Waals surface area contributed by atoms with Crippen LogP contribution in [0.2, 0.25) is 0 Å². The molecule has 0 spiro atoms. The van der Waals surface area contributed by atoms with E-state index in [1.807, 2.05) is 30.3 Å². The van der Waals surface area contributed by atoms with Crippen LogP contribution in [-0.2, 0) is 16.0 Å². The van der Waals surface area contributed by atoms with E-state index in [1.165, 1.54) is 0 Å². The number of likely N-dealkylation sites (tertiary alicyclic amines) is 1. The first-order valence-electron chi connectivity index (χ1n) is 8.61. The van der Waals surface area contributed by atoms with Crippen LogP contribution in [0, 0.1) is 0 Å². The second kappa shape index (κ2) is 7.23. The van der Waals surface area contributed by atoms with Gasteiger partial charge in [0.25, 0.3) is 5.91 Å². The zero-order valence-corrected chi connectivity index (χ0v) is 14.0. The van der Waals surface area contributed by atoms with E-state index in [0.29, 0.717) is 38.8 Å². The van der Waals surface area contributed by atoms with E-state index in [1.54, 1.807) is 4.90 Å². The van der Waals surface area contributed by atoms with Crippen molar-refractivity contribution in [3.05, 3.63) is 35.9 Å². The molecule has 0 radical (unpaired) electrons. The van der Waals surface area contributed by atoms with Crippen molar-refractivity contribution in [2.45, 2.75) is 43.7 Å². The van der Waals surface area contributed by atoms with Gasteiger partial charge < -0.3 is 15.3 Å². The summed E-state index contributed by atoms with van der Waals surface area (Å²) in [6.45, 7) is 1.01. The van der Waals surface area contributed by atoms with Crippen LogP contribution in [0.4, 0.5) is 4.79 Å². The second-order valence-electron chi connectivity index (χ2n) is 6.82. The summed E-state index contributed by atoms with van der Waals surface area (Å²) in [5.74, 6) is -0.426. The molecule has 3 N–H and O–H groups in total. The lowest BCUT2D eigenvalue weighted by atomic mass is 9.85. The molecule has 1 atom stereocenters. The Morgan fingerprint density at radius 2 is 1.88 bits per heavy atom. The van der Waals surface area contributed by atoms with Gasteiger partial charge in [0.1, 0.15) is 6.04 Å². The zero-order valence-electron chi connectivity index (χ0n) is 14.0. The molecule has 2 aliphatic heterocycles. The molecule has 0 unspecified atom stereocenters. The van der Waals surface area contributed by atoms with Gasteiger partial charge in [0.15, 0.2) is 0 Å². The van der Waals surface area contributed by atoms with Gasteiger partial charge in [-0.05, 0) is 24.8 Å². The average molecular weight is 345 g/mol. The van der Waals surface area contributed by atoms with E-state index < -0.39 is 17.7 Å². The van der Waals surface area contributed by atoms with E-state index >= 15 is 0 Å². The van der Waals surface area contributed by atoms with Gasteiger partial charge >= 0.3 is 6.03 Å². The molecule has 0 aliphatic carbocycles. The standard InChI is InChI=1S/C18H23N3O4/c22-15(7-6-14-16(23)20-17(24)19-14)21-10-8-18(25,9-11-21)12-13-4-2-1-3-5-13/h1-5,14,25H,6-12H2,(H2,19,20,23,24)/t14-/m1/s1. The highest BCUT2D eigenvalue weighted by Gasteiger charge is 2.35. The third-order valence-corrected chi connectivity index (χ3v) is 4.93. The van der Waals surface area contributed by atoms with Crippen molar-refractivity contribution in [1.29, 1.82) is 0 Å². The van der Waals surface area contributed by atoms with Crippen molar-refractivity contribution < 1.29 is 19.5 Å². The van der Waals surface area contributed by atoms with Gasteiger partial charge in [0, 0.05) is 25.9 Å². The van der Waals surface area contributed by atoms with Crippen LogP contribution < -0.4 is 10.6 Å². The fourth-order valence-electron chi connectivity index (χ4n) is 3.41.